The van der Waals surface area contributed by atoms with Gasteiger partial charge in [0.05, 0.1) is 5.69 Å². The van der Waals surface area contributed by atoms with Gasteiger partial charge in [0.25, 0.3) is 0 Å². The summed E-state index contributed by atoms with van der Waals surface area (Å²) < 4.78 is 13.8. The van der Waals surface area contributed by atoms with Crippen LogP contribution in [-0.4, -0.2) is 36.4 Å². The number of hydrogen-bond acceptors (Lipinski definition) is 5. The predicted octanol–water partition coefficient (Wildman–Crippen LogP) is 2.59. The van der Waals surface area contributed by atoms with Gasteiger partial charge in [0, 0.05) is 32.4 Å². The average Bonchev–Trinajstić information content (AvgIpc) is 2.62. The van der Waals surface area contributed by atoms with Crippen molar-refractivity contribution in [1.82, 2.24) is 10.2 Å². The molecule has 3 rings (SSSR count). The summed E-state index contributed by atoms with van der Waals surface area (Å²) in [6.07, 6.45) is 3.51. The molecular formula is C17H18FN5. The van der Waals surface area contributed by atoms with Gasteiger partial charge >= 0.3 is 0 Å². The molecule has 6 heteroatoms. The van der Waals surface area contributed by atoms with E-state index in [0.717, 1.165) is 31.7 Å². The summed E-state index contributed by atoms with van der Waals surface area (Å²) in [6, 6.07) is 10.9. The van der Waals surface area contributed by atoms with Crippen LogP contribution in [0.3, 0.4) is 0 Å². The third-order valence-electron chi connectivity index (χ3n) is 4.38. The van der Waals surface area contributed by atoms with Gasteiger partial charge in [-0.05, 0) is 37.1 Å². The number of rotatable bonds is 3. The molecule has 2 aromatic rings. The molecule has 0 aliphatic carbocycles. The lowest BCUT2D eigenvalue weighted by molar-refractivity contribution is 0.478. The van der Waals surface area contributed by atoms with Crippen molar-refractivity contribution in [3.05, 3.63) is 47.9 Å². The zero-order valence-corrected chi connectivity index (χ0v) is 13.0. The van der Waals surface area contributed by atoms with E-state index in [9.17, 15) is 9.65 Å². The van der Waals surface area contributed by atoms with Crippen LogP contribution in [-0.2, 0) is 0 Å². The Hall–Kier alpha value is -2.68. The van der Waals surface area contributed by atoms with Crippen molar-refractivity contribution < 1.29 is 4.39 Å². The zero-order chi connectivity index (χ0) is 16.2. The number of hydrogen-bond donors (Lipinski definition) is 0. The van der Waals surface area contributed by atoms with Gasteiger partial charge in [-0.25, -0.2) is 4.39 Å². The number of anilines is 2. The van der Waals surface area contributed by atoms with E-state index in [-0.39, 0.29) is 11.6 Å². The van der Waals surface area contributed by atoms with E-state index >= 15 is 0 Å². The van der Waals surface area contributed by atoms with E-state index in [2.05, 4.69) is 15.1 Å². The minimum Gasteiger partial charge on any atom is -0.370 e. The van der Waals surface area contributed by atoms with Gasteiger partial charge < -0.3 is 9.80 Å². The smallest absolute Gasteiger partial charge is 0.151 e. The van der Waals surface area contributed by atoms with E-state index < -0.39 is 5.82 Å². The SMILES string of the molecule is CN(c1cccc(F)c1C#N)C1CCN(c2cccnn2)CC1. The predicted molar refractivity (Wildman–Crippen MR) is 86.8 cm³/mol. The van der Waals surface area contributed by atoms with Crippen LogP contribution in [0.15, 0.2) is 36.5 Å². The standard InChI is InChI=1S/C17H18FN5/c1-22(16-5-2-4-15(18)14(16)12-19)13-7-10-23(11-8-13)17-6-3-9-20-21-17/h2-6,9,13H,7-8,10-11H2,1H3. The van der Waals surface area contributed by atoms with Gasteiger partial charge in [-0.2, -0.15) is 10.4 Å². The lowest BCUT2D eigenvalue weighted by atomic mass is 10.0. The van der Waals surface area contributed by atoms with Crippen molar-refractivity contribution in [2.75, 3.05) is 29.9 Å². The van der Waals surface area contributed by atoms with Crippen LogP contribution in [0.25, 0.3) is 0 Å². The van der Waals surface area contributed by atoms with E-state index in [0.29, 0.717) is 5.69 Å². The molecule has 5 nitrogen and oxygen atoms in total. The zero-order valence-electron chi connectivity index (χ0n) is 13.0. The summed E-state index contributed by atoms with van der Waals surface area (Å²) in [4.78, 5) is 4.23. The lowest BCUT2D eigenvalue weighted by Gasteiger charge is -2.38. The van der Waals surface area contributed by atoms with Gasteiger partial charge in [0.2, 0.25) is 0 Å². The van der Waals surface area contributed by atoms with Gasteiger partial charge in [-0.1, -0.05) is 6.07 Å². The Balaban J connectivity index is 1.71. The Kier molecular flexibility index (Phi) is 4.38. The Bertz CT molecular complexity index is 705. The van der Waals surface area contributed by atoms with Crippen molar-refractivity contribution in [3.63, 3.8) is 0 Å². The van der Waals surface area contributed by atoms with Crippen molar-refractivity contribution in [2.45, 2.75) is 18.9 Å². The molecule has 1 aromatic carbocycles. The number of nitriles is 1. The van der Waals surface area contributed by atoms with Crippen LogP contribution in [0, 0.1) is 17.1 Å². The summed E-state index contributed by atoms with van der Waals surface area (Å²) in [5, 5.41) is 17.3. The topological polar surface area (TPSA) is 56.1 Å². The third kappa shape index (κ3) is 3.09. The fourth-order valence-electron chi connectivity index (χ4n) is 3.06. The fraction of sp³-hybridized carbons (Fsp3) is 0.353. The molecule has 0 N–H and O–H groups in total. The van der Waals surface area contributed by atoms with Gasteiger partial charge in [-0.15, -0.1) is 5.10 Å². The van der Waals surface area contributed by atoms with Crippen LogP contribution >= 0.6 is 0 Å². The maximum absolute atomic E-state index is 13.8. The maximum atomic E-state index is 13.8. The largest absolute Gasteiger partial charge is 0.370 e. The molecule has 0 bridgehead atoms. The monoisotopic (exact) mass is 311 g/mol. The summed E-state index contributed by atoms with van der Waals surface area (Å²) in [5.41, 5.74) is 0.775. The summed E-state index contributed by atoms with van der Waals surface area (Å²) >= 11 is 0. The van der Waals surface area contributed by atoms with Gasteiger partial charge in [0.1, 0.15) is 17.4 Å². The van der Waals surface area contributed by atoms with E-state index in [4.69, 9.17) is 0 Å². The molecule has 0 unspecified atom stereocenters. The molecular weight excluding hydrogens is 293 g/mol. The molecule has 1 saturated heterocycles. The maximum Gasteiger partial charge on any atom is 0.151 e. The highest BCUT2D eigenvalue weighted by Gasteiger charge is 2.25. The molecule has 0 spiro atoms. The summed E-state index contributed by atoms with van der Waals surface area (Å²) in [7, 11) is 1.93. The molecule has 1 fully saturated rings. The van der Waals surface area contributed by atoms with Crippen molar-refractivity contribution in [2.24, 2.45) is 0 Å². The second-order valence-electron chi connectivity index (χ2n) is 5.66. The Labute approximate surface area is 135 Å². The molecule has 0 amide bonds. The van der Waals surface area contributed by atoms with Crippen molar-refractivity contribution >= 4 is 11.5 Å². The van der Waals surface area contributed by atoms with Crippen LogP contribution in [0.2, 0.25) is 0 Å². The lowest BCUT2D eigenvalue weighted by Crippen LogP contribution is -2.44. The summed E-state index contributed by atoms with van der Waals surface area (Å²) in [5.74, 6) is 0.422. The van der Waals surface area contributed by atoms with Crippen LogP contribution in [0.1, 0.15) is 18.4 Å². The minimum absolute atomic E-state index is 0.117. The number of benzene rings is 1. The van der Waals surface area contributed by atoms with Crippen molar-refractivity contribution in [3.8, 4) is 6.07 Å². The first kappa shape index (κ1) is 15.2. The Morgan fingerprint density at radius 2 is 2.04 bits per heavy atom. The second-order valence-corrected chi connectivity index (χ2v) is 5.66. The molecule has 0 atom stereocenters. The van der Waals surface area contributed by atoms with E-state index in [1.54, 1.807) is 18.3 Å². The highest BCUT2D eigenvalue weighted by atomic mass is 19.1. The molecule has 0 saturated carbocycles. The van der Waals surface area contributed by atoms with Gasteiger partial charge in [0.15, 0.2) is 5.82 Å². The molecule has 118 valence electrons. The molecule has 1 aliphatic heterocycles. The first-order valence-corrected chi connectivity index (χ1v) is 7.65. The first-order chi connectivity index (χ1) is 11.2. The number of halogens is 1. The number of piperidine rings is 1. The minimum atomic E-state index is -0.464. The normalized spacial score (nSPS) is 15.3. The highest BCUT2D eigenvalue weighted by Crippen LogP contribution is 2.27. The molecule has 1 aromatic heterocycles. The highest BCUT2D eigenvalue weighted by molar-refractivity contribution is 5.60. The Morgan fingerprint density at radius 3 is 2.70 bits per heavy atom. The first-order valence-electron chi connectivity index (χ1n) is 7.65. The average molecular weight is 311 g/mol. The second kappa shape index (κ2) is 6.61. The molecule has 23 heavy (non-hydrogen) atoms. The van der Waals surface area contributed by atoms with E-state index in [1.165, 1.54) is 6.07 Å². The molecule has 0 radical (unpaired) electrons. The van der Waals surface area contributed by atoms with E-state index in [1.807, 2.05) is 30.1 Å². The summed E-state index contributed by atoms with van der Waals surface area (Å²) in [6.45, 7) is 1.73. The van der Waals surface area contributed by atoms with Gasteiger partial charge in [-0.3, -0.25) is 0 Å². The third-order valence-corrected chi connectivity index (χ3v) is 4.38. The van der Waals surface area contributed by atoms with Crippen LogP contribution in [0.5, 0.6) is 0 Å². The number of nitrogens with zero attached hydrogens (tertiary/aromatic N) is 5. The number of aromatic nitrogens is 2. The molecule has 1 aliphatic rings. The fourth-order valence-corrected chi connectivity index (χ4v) is 3.06. The quantitative estimate of drug-likeness (QED) is 0.872. The Morgan fingerprint density at radius 1 is 1.26 bits per heavy atom. The van der Waals surface area contributed by atoms with Crippen LogP contribution in [0.4, 0.5) is 15.9 Å². The van der Waals surface area contributed by atoms with Crippen molar-refractivity contribution in [1.29, 1.82) is 5.26 Å². The molecule has 2 heterocycles. The van der Waals surface area contributed by atoms with Crippen LogP contribution < -0.4 is 9.80 Å².